The van der Waals surface area contributed by atoms with E-state index in [1.807, 2.05) is 13.8 Å². The molecule has 18 heavy (non-hydrogen) atoms. The molecule has 0 aliphatic rings. The van der Waals surface area contributed by atoms with E-state index in [1.54, 1.807) is 7.11 Å². The van der Waals surface area contributed by atoms with E-state index in [2.05, 4.69) is 10.4 Å². The third kappa shape index (κ3) is 3.69. The molecule has 0 radical (unpaired) electrons. The predicted octanol–water partition coefficient (Wildman–Crippen LogP) is 0.726. The molecule has 7 heteroatoms. The van der Waals surface area contributed by atoms with Gasteiger partial charge < -0.3 is 15.2 Å². The van der Waals surface area contributed by atoms with Crippen LogP contribution in [0.25, 0.3) is 0 Å². The van der Waals surface area contributed by atoms with Gasteiger partial charge in [-0.05, 0) is 13.8 Å². The fourth-order valence-corrected chi connectivity index (χ4v) is 1.76. The molecule has 0 saturated carbocycles. The minimum absolute atomic E-state index is 0.0580. The van der Waals surface area contributed by atoms with Gasteiger partial charge in [0.25, 0.3) is 5.56 Å². The highest BCUT2D eigenvalue weighted by molar-refractivity contribution is 6.32. The van der Waals surface area contributed by atoms with Crippen molar-refractivity contribution in [3.05, 3.63) is 21.6 Å². The van der Waals surface area contributed by atoms with Gasteiger partial charge in [0.1, 0.15) is 5.02 Å². The van der Waals surface area contributed by atoms with E-state index in [0.717, 1.165) is 4.68 Å². The van der Waals surface area contributed by atoms with Crippen LogP contribution in [0.2, 0.25) is 5.02 Å². The van der Waals surface area contributed by atoms with Crippen molar-refractivity contribution >= 4 is 17.3 Å². The van der Waals surface area contributed by atoms with Crippen molar-refractivity contribution in [3.63, 3.8) is 0 Å². The SMILES string of the molecule is COCC(C)(C)Nc1cnn(CCO)c(=O)c1Cl. The van der Waals surface area contributed by atoms with E-state index in [0.29, 0.717) is 12.3 Å². The summed E-state index contributed by atoms with van der Waals surface area (Å²) in [6, 6.07) is 0. The zero-order valence-electron chi connectivity index (χ0n) is 10.7. The topological polar surface area (TPSA) is 76.4 Å². The molecule has 0 aromatic carbocycles. The summed E-state index contributed by atoms with van der Waals surface area (Å²) in [6.45, 7) is 4.27. The van der Waals surface area contributed by atoms with Crippen molar-refractivity contribution < 1.29 is 9.84 Å². The normalized spacial score (nSPS) is 11.6. The summed E-state index contributed by atoms with van der Waals surface area (Å²) in [7, 11) is 1.60. The number of nitrogens with zero attached hydrogens (tertiary/aromatic N) is 2. The largest absolute Gasteiger partial charge is 0.394 e. The van der Waals surface area contributed by atoms with Gasteiger partial charge in [0.15, 0.2) is 0 Å². The van der Waals surface area contributed by atoms with Crippen LogP contribution in [0.4, 0.5) is 5.69 Å². The highest BCUT2D eigenvalue weighted by Crippen LogP contribution is 2.20. The third-order valence-electron chi connectivity index (χ3n) is 2.27. The number of rotatable bonds is 6. The van der Waals surface area contributed by atoms with Gasteiger partial charge in [0.2, 0.25) is 0 Å². The number of hydrogen-bond acceptors (Lipinski definition) is 5. The molecule has 0 bridgehead atoms. The second-order valence-electron chi connectivity index (χ2n) is 4.57. The molecule has 0 spiro atoms. The highest BCUT2D eigenvalue weighted by atomic mass is 35.5. The summed E-state index contributed by atoms with van der Waals surface area (Å²) in [4.78, 5) is 11.8. The molecule has 1 heterocycles. The van der Waals surface area contributed by atoms with Crippen molar-refractivity contribution in [2.75, 3.05) is 25.6 Å². The van der Waals surface area contributed by atoms with Gasteiger partial charge in [-0.15, -0.1) is 0 Å². The van der Waals surface area contributed by atoms with Crippen LogP contribution in [-0.4, -0.2) is 40.7 Å². The number of aromatic nitrogens is 2. The third-order valence-corrected chi connectivity index (χ3v) is 2.64. The molecule has 6 nitrogen and oxygen atoms in total. The highest BCUT2D eigenvalue weighted by Gasteiger charge is 2.20. The van der Waals surface area contributed by atoms with Gasteiger partial charge in [-0.25, -0.2) is 4.68 Å². The molecule has 0 fully saturated rings. The Morgan fingerprint density at radius 1 is 1.61 bits per heavy atom. The average molecular weight is 276 g/mol. The van der Waals surface area contributed by atoms with Crippen LogP contribution in [0.15, 0.2) is 11.0 Å². The lowest BCUT2D eigenvalue weighted by molar-refractivity contribution is 0.158. The van der Waals surface area contributed by atoms with Crippen LogP contribution in [0.3, 0.4) is 0 Å². The molecule has 1 aromatic rings. The van der Waals surface area contributed by atoms with Crippen molar-refractivity contribution in [2.45, 2.75) is 25.9 Å². The lowest BCUT2D eigenvalue weighted by atomic mass is 10.1. The molecule has 1 aromatic heterocycles. The van der Waals surface area contributed by atoms with E-state index >= 15 is 0 Å². The number of aliphatic hydroxyl groups is 1. The fourth-order valence-electron chi connectivity index (χ4n) is 1.57. The van der Waals surface area contributed by atoms with E-state index < -0.39 is 5.56 Å². The second kappa shape index (κ2) is 6.17. The number of ether oxygens (including phenoxy) is 1. The average Bonchev–Trinajstić information content (AvgIpc) is 2.29. The second-order valence-corrected chi connectivity index (χ2v) is 4.94. The zero-order chi connectivity index (χ0) is 13.8. The number of methoxy groups -OCH3 is 1. The molecular formula is C11H18ClN3O3. The van der Waals surface area contributed by atoms with Crippen molar-refractivity contribution in [1.29, 1.82) is 0 Å². The number of hydrogen-bond donors (Lipinski definition) is 2. The minimum Gasteiger partial charge on any atom is -0.394 e. The van der Waals surface area contributed by atoms with Crippen LogP contribution < -0.4 is 10.9 Å². The lowest BCUT2D eigenvalue weighted by Crippen LogP contribution is -2.37. The predicted molar refractivity (Wildman–Crippen MR) is 70.2 cm³/mol. The van der Waals surface area contributed by atoms with Gasteiger partial charge in [-0.3, -0.25) is 4.79 Å². The molecule has 0 amide bonds. The summed E-state index contributed by atoms with van der Waals surface area (Å²) >= 11 is 5.98. The summed E-state index contributed by atoms with van der Waals surface area (Å²) in [5.74, 6) is 0. The van der Waals surface area contributed by atoms with E-state index in [1.165, 1.54) is 6.20 Å². The smallest absolute Gasteiger partial charge is 0.287 e. The van der Waals surface area contributed by atoms with Crippen LogP contribution >= 0.6 is 11.6 Å². The Labute approximate surface area is 111 Å². The van der Waals surface area contributed by atoms with E-state index in [4.69, 9.17) is 21.4 Å². The molecule has 0 aliphatic heterocycles. The van der Waals surface area contributed by atoms with Crippen molar-refractivity contribution in [3.8, 4) is 0 Å². The summed E-state index contributed by atoms with van der Waals surface area (Å²) in [5, 5.41) is 15.9. The molecule has 102 valence electrons. The first-order valence-electron chi connectivity index (χ1n) is 5.55. The Bertz CT molecular complexity index is 459. The van der Waals surface area contributed by atoms with Gasteiger partial charge in [0.05, 0.1) is 37.2 Å². The lowest BCUT2D eigenvalue weighted by Gasteiger charge is -2.26. The Morgan fingerprint density at radius 2 is 2.28 bits per heavy atom. The van der Waals surface area contributed by atoms with Crippen LogP contribution in [0.1, 0.15) is 13.8 Å². The first-order chi connectivity index (χ1) is 8.41. The Kier molecular flexibility index (Phi) is 5.13. The number of anilines is 1. The van der Waals surface area contributed by atoms with Gasteiger partial charge in [-0.1, -0.05) is 11.6 Å². The summed E-state index contributed by atoms with van der Waals surface area (Å²) in [6.07, 6.45) is 1.47. The first kappa shape index (κ1) is 14.9. The monoisotopic (exact) mass is 275 g/mol. The van der Waals surface area contributed by atoms with Crippen molar-refractivity contribution in [1.82, 2.24) is 9.78 Å². The number of halogens is 1. The Hall–Kier alpha value is -1.11. The maximum Gasteiger partial charge on any atom is 0.287 e. The maximum atomic E-state index is 11.8. The zero-order valence-corrected chi connectivity index (χ0v) is 11.5. The van der Waals surface area contributed by atoms with Gasteiger partial charge >= 0.3 is 0 Å². The van der Waals surface area contributed by atoms with Crippen LogP contribution in [0.5, 0.6) is 0 Å². The molecule has 0 aliphatic carbocycles. The quantitative estimate of drug-likeness (QED) is 0.800. The van der Waals surface area contributed by atoms with Crippen LogP contribution in [-0.2, 0) is 11.3 Å². The molecular weight excluding hydrogens is 258 g/mol. The minimum atomic E-state index is -0.427. The van der Waals surface area contributed by atoms with E-state index in [9.17, 15) is 4.79 Å². The first-order valence-corrected chi connectivity index (χ1v) is 5.92. The molecule has 0 saturated heterocycles. The fraction of sp³-hybridized carbons (Fsp3) is 0.636. The van der Waals surface area contributed by atoms with Gasteiger partial charge in [0, 0.05) is 7.11 Å². The molecule has 0 unspecified atom stereocenters. The molecule has 1 rings (SSSR count). The van der Waals surface area contributed by atoms with Gasteiger partial charge in [-0.2, -0.15) is 5.10 Å². The standard InChI is InChI=1S/C11H18ClN3O3/c1-11(2,7-18-3)14-8-6-13-15(4-5-16)10(17)9(8)12/h6,14,16H,4-5,7H2,1-3H3. The molecule has 2 N–H and O–H groups in total. The van der Waals surface area contributed by atoms with E-state index in [-0.39, 0.29) is 23.7 Å². The van der Waals surface area contributed by atoms with Crippen molar-refractivity contribution in [2.24, 2.45) is 0 Å². The summed E-state index contributed by atoms with van der Waals surface area (Å²) < 4.78 is 6.19. The summed E-state index contributed by atoms with van der Waals surface area (Å²) in [5.41, 5.74) is -0.336. The Morgan fingerprint density at radius 3 is 2.83 bits per heavy atom. The Balaban J connectivity index is 2.99. The number of nitrogens with one attached hydrogen (secondary N) is 1. The maximum absolute atomic E-state index is 11.8. The van der Waals surface area contributed by atoms with Crippen LogP contribution in [0, 0.1) is 0 Å². The number of aliphatic hydroxyl groups excluding tert-OH is 1. The molecule has 0 atom stereocenters.